The van der Waals surface area contributed by atoms with Crippen LogP contribution in [0, 0.1) is 0 Å². The molecular formula is C13H19N5OS. The highest BCUT2D eigenvalue weighted by molar-refractivity contribution is 7.12. The highest BCUT2D eigenvalue weighted by Gasteiger charge is 2.21. The summed E-state index contributed by atoms with van der Waals surface area (Å²) in [5.74, 6) is 1.08. The van der Waals surface area contributed by atoms with E-state index in [2.05, 4.69) is 34.5 Å². The number of rotatable bonds is 5. The minimum atomic E-state index is 0.0464. The first kappa shape index (κ1) is 14.6. The number of H-pyrrole nitrogens is 1. The third-order valence-corrected chi connectivity index (χ3v) is 4.13. The van der Waals surface area contributed by atoms with Gasteiger partial charge in [0.2, 0.25) is 0 Å². The fourth-order valence-corrected chi connectivity index (χ4v) is 3.12. The molecule has 0 aliphatic rings. The fraction of sp³-hybridized carbons (Fsp3) is 0.538. The van der Waals surface area contributed by atoms with Crippen molar-refractivity contribution in [3.05, 3.63) is 27.7 Å². The molecule has 1 amide bonds. The lowest BCUT2D eigenvalue weighted by Crippen LogP contribution is -2.30. The lowest BCUT2D eigenvalue weighted by molar-refractivity contribution is 0.0790. The van der Waals surface area contributed by atoms with Gasteiger partial charge in [0, 0.05) is 19.5 Å². The van der Waals surface area contributed by atoms with Crippen LogP contribution in [0.25, 0.3) is 0 Å². The molecule has 0 aromatic carbocycles. The molecular weight excluding hydrogens is 274 g/mol. The molecule has 2 aromatic rings. The van der Waals surface area contributed by atoms with Crippen molar-refractivity contribution in [3.8, 4) is 0 Å². The summed E-state index contributed by atoms with van der Waals surface area (Å²) in [5, 5.41) is 15.9. The molecule has 0 radical (unpaired) electrons. The molecule has 108 valence electrons. The molecule has 0 unspecified atom stereocenters. The van der Waals surface area contributed by atoms with Gasteiger partial charge in [-0.3, -0.25) is 4.79 Å². The Bertz CT molecular complexity index is 563. The first-order valence-corrected chi connectivity index (χ1v) is 7.44. The monoisotopic (exact) mass is 293 g/mol. The number of hydrogen-bond donors (Lipinski definition) is 1. The Balaban J connectivity index is 2.07. The lowest BCUT2D eigenvalue weighted by atomic mass is 10.0. The quantitative estimate of drug-likeness (QED) is 0.917. The Morgan fingerprint density at radius 2 is 2.20 bits per heavy atom. The zero-order valence-corrected chi connectivity index (χ0v) is 12.9. The minimum Gasteiger partial charge on any atom is -0.340 e. The second-order valence-electron chi connectivity index (χ2n) is 5.22. The van der Waals surface area contributed by atoms with Crippen LogP contribution in [0.2, 0.25) is 0 Å². The molecule has 0 bridgehead atoms. The molecule has 20 heavy (non-hydrogen) atoms. The van der Waals surface area contributed by atoms with Gasteiger partial charge in [-0.25, -0.2) is 0 Å². The number of nitrogens with one attached hydrogen (secondary N) is 1. The van der Waals surface area contributed by atoms with Crippen LogP contribution in [0.5, 0.6) is 0 Å². The van der Waals surface area contributed by atoms with Crippen molar-refractivity contribution in [2.75, 3.05) is 13.6 Å². The Morgan fingerprint density at radius 1 is 1.45 bits per heavy atom. The molecule has 0 fully saturated rings. The third-order valence-electron chi connectivity index (χ3n) is 3.21. The lowest BCUT2D eigenvalue weighted by Gasteiger charge is -2.20. The van der Waals surface area contributed by atoms with Crippen LogP contribution >= 0.6 is 11.3 Å². The van der Waals surface area contributed by atoms with Gasteiger partial charge in [0.05, 0.1) is 4.88 Å². The number of nitrogens with zero attached hydrogens (tertiary/aromatic N) is 4. The summed E-state index contributed by atoms with van der Waals surface area (Å²) in [7, 11) is 1.81. The number of tetrazole rings is 1. The molecule has 2 heterocycles. The number of carbonyl (C=O) groups is 1. The van der Waals surface area contributed by atoms with Crippen LogP contribution in [-0.2, 0) is 0 Å². The van der Waals surface area contributed by atoms with Crippen molar-refractivity contribution < 1.29 is 4.79 Å². The van der Waals surface area contributed by atoms with Gasteiger partial charge in [0.25, 0.3) is 5.91 Å². The summed E-state index contributed by atoms with van der Waals surface area (Å²) < 4.78 is 0. The normalized spacial score (nSPS) is 12.7. The van der Waals surface area contributed by atoms with Crippen LogP contribution in [0.15, 0.2) is 11.4 Å². The van der Waals surface area contributed by atoms with E-state index in [1.54, 1.807) is 4.90 Å². The van der Waals surface area contributed by atoms with Gasteiger partial charge in [0.1, 0.15) is 0 Å². The summed E-state index contributed by atoms with van der Waals surface area (Å²) in [5.41, 5.74) is 1.11. The highest BCUT2D eigenvalue weighted by Crippen LogP contribution is 2.26. The topological polar surface area (TPSA) is 74.8 Å². The smallest absolute Gasteiger partial charge is 0.263 e. The number of carbonyl (C=O) groups excluding carboxylic acids is 1. The van der Waals surface area contributed by atoms with Crippen molar-refractivity contribution >= 4 is 17.2 Å². The van der Waals surface area contributed by atoms with Crippen LogP contribution < -0.4 is 0 Å². The second kappa shape index (κ2) is 6.13. The van der Waals surface area contributed by atoms with Crippen molar-refractivity contribution in [2.24, 2.45) is 0 Å². The van der Waals surface area contributed by atoms with Crippen molar-refractivity contribution in [1.29, 1.82) is 0 Å². The number of aromatic nitrogens is 4. The summed E-state index contributed by atoms with van der Waals surface area (Å²) in [6, 6.07) is 2.03. The second-order valence-corrected chi connectivity index (χ2v) is 6.13. The standard InChI is InChI=1S/C13H19N5OS/c1-8(2)10-5-6-20-11(10)13(19)18(4)7-9(3)12-14-16-17-15-12/h5-6,8-9H,7H2,1-4H3,(H,14,15,16,17)/t9-/m1/s1. The van der Waals surface area contributed by atoms with E-state index < -0.39 is 0 Å². The van der Waals surface area contributed by atoms with Crippen LogP contribution in [0.1, 0.15) is 53.7 Å². The number of thiophene rings is 1. The molecule has 0 aliphatic carbocycles. The maximum absolute atomic E-state index is 12.5. The van der Waals surface area contributed by atoms with Crippen molar-refractivity contribution in [1.82, 2.24) is 25.5 Å². The van der Waals surface area contributed by atoms with E-state index in [9.17, 15) is 4.79 Å². The van der Waals surface area contributed by atoms with E-state index in [-0.39, 0.29) is 11.8 Å². The zero-order valence-electron chi connectivity index (χ0n) is 12.1. The van der Waals surface area contributed by atoms with E-state index in [1.165, 1.54) is 11.3 Å². The zero-order chi connectivity index (χ0) is 14.7. The van der Waals surface area contributed by atoms with E-state index in [4.69, 9.17) is 0 Å². The SMILES string of the molecule is CC(C)c1ccsc1C(=O)N(C)C[C@@H](C)c1nn[nH]n1. The van der Waals surface area contributed by atoms with E-state index in [0.29, 0.717) is 18.3 Å². The van der Waals surface area contributed by atoms with Gasteiger partial charge in [-0.05, 0) is 22.9 Å². The molecule has 1 N–H and O–H groups in total. The molecule has 2 aromatic heterocycles. The molecule has 0 saturated carbocycles. The Kier molecular flexibility index (Phi) is 4.49. The number of amides is 1. The molecule has 2 rings (SSSR count). The van der Waals surface area contributed by atoms with Gasteiger partial charge in [-0.2, -0.15) is 5.21 Å². The number of likely N-dealkylation sites (N-methyl/N-ethyl adjacent to an activating group) is 1. The first-order valence-electron chi connectivity index (χ1n) is 6.57. The van der Waals surface area contributed by atoms with E-state index >= 15 is 0 Å². The molecule has 6 nitrogen and oxygen atoms in total. The van der Waals surface area contributed by atoms with Crippen molar-refractivity contribution in [3.63, 3.8) is 0 Å². The number of aromatic amines is 1. The van der Waals surface area contributed by atoms with E-state index in [1.807, 2.05) is 25.4 Å². The summed E-state index contributed by atoms with van der Waals surface area (Å²) in [4.78, 5) is 15.1. The van der Waals surface area contributed by atoms with Gasteiger partial charge in [-0.1, -0.05) is 26.0 Å². The van der Waals surface area contributed by atoms with E-state index in [0.717, 1.165) is 10.4 Å². The molecule has 0 saturated heterocycles. The maximum Gasteiger partial charge on any atom is 0.263 e. The number of hydrogen-bond acceptors (Lipinski definition) is 5. The summed E-state index contributed by atoms with van der Waals surface area (Å²) >= 11 is 1.50. The van der Waals surface area contributed by atoms with Gasteiger partial charge in [-0.15, -0.1) is 21.5 Å². The Labute approximate surface area is 122 Å². The van der Waals surface area contributed by atoms with Crippen molar-refractivity contribution in [2.45, 2.75) is 32.6 Å². The fourth-order valence-electron chi connectivity index (χ4n) is 2.07. The van der Waals surface area contributed by atoms with Crippen LogP contribution in [-0.4, -0.2) is 45.0 Å². The Hall–Kier alpha value is -1.76. The van der Waals surface area contributed by atoms with Gasteiger partial charge >= 0.3 is 0 Å². The van der Waals surface area contributed by atoms with Crippen LogP contribution in [0.4, 0.5) is 0 Å². The molecule has 1 atom stereocenters. The summed E-state index contributed by atoms with van der Waals surface area (Å²) in [6.07, 6.45) is 0. The first-order chi connectivity index (χ1) is 9.50. The molecule has 7 heteroatoms. The van der Waals surface area contributed by atoms with Crippen LogP contribution in [0.3, 0.4) is 0 Å². The minimum absolute atomic E-state index is 0.0464. The molecule has 0 aliphatic heterocycles. The average Bonchev–Trinajstić information content (AvgIpc) is 3.08. The predicted molar refractivity (Wildman–Crippen MR) is 78.0 cm³/mol. The average molecular weight is 293 g/mol. The Morgan fingerprint density at radius 3 is 2.80 bits per heavy atom. The predicted octanol–water partition coefficient (Wildman–Crippen LogP) is 2.26. The van der Waals surface area contributed by atoms with Gasteiger partial charge in [0.15, 0.2) is 5.82 Å². The maximum atomic E-state index is 12.5. The summed E-state index contributed by atoms with van der Waals surface area (Å²) in [6.45, 7) is 6.74. The largest absolute Gasteiger partial charge is 0.340 e. The highest BCUT2D eigenvalue weighted by atomic mass is 32.1. The molecule has 0 spiro atoms. The third kappa shape index (κ3) is 3.04. The van der Waals surface area contributed by atoms with Gasteiger partial charge < -0.3 is 4.90 Å².